The number of nitrogens with zero attached hydrogens (tertiary/aromatic N) is 1. The molecule has 1 rings (SSSR count). The van der Waals surface area contributed by atoms with Crippen molar-refractivity contribution in [3.05, 3.63) is 28.5 Å². The lowest BCUT2D eigenvalue weighted by atomic mass is 10.2. The zero-order valence-corrected chi connectivity index (χ0v) is 10.4. The molecular formula is C12H11ClN2O3. The normalized spacial score (nSPS) is 9.22. The highest BCUT2D eigenvalue weighted by Crippen LogP contribution is 2.10. The molecule has 0 unspecified atom stereocenters. The molecule has 1 aromatic rings. The van der Waals surface area contributed by atoms with Gasteiger partial charge < -0.3 is 10.4 Å². The van der Waals surface area contributed by atoms with Crippen molar-refractivity contribution < 1.29 is 14.7 Å². The maximum Gasteiger partial charge on any atom is 0.355 e. The van der Waals surface area contributed by atoms with Crippen LogP contribution in [0.2, 0.25) is 5.15 Å². The highest BCUT2D eigenvalue weighted by atomic mass is 35.5. The molecule has 0 atom stereocenters. The van der Waals surface area contributed by atoms with Gasteiger partial charge in [-0.2, -0.15) is 0 Å². The fourth-order valence-electron chi connectivity index (χ4n) is 1.16. The van der Waals surface area contributed by atoms with Gasteiger partial charge in [0.15, 0.2) is 5.69 Å². The monoisotopic (exact) mass is 266 g/mol. The van der Waals surface area contributed by atoms with Gasteiger partial charge in [0.25, 0.3) is 0 Å². The maximum atomic E-state index is 10.9. The number of halogens is 1. The van der Waals surface area contributed by atoms with E-state index in [0.29, 0.717) is 18.5 Å². The number of nitrogens with one attached hydrogen (secondary N) is 1. The van der Waals surface area contributed by atoms with Crippen molar-refractivity contribution in [1.29, 1.82) is 0 Å². The lowest BCUT2D eigenvalue weighted by Crippen LogP contribution is -2.20. The van der Waals surface area contributed by atoms with Crippen molar-refractivity contribution in [3.8, 4) is 11.8 Å². The molecule has 1 heterocycles. The van der Waals surface area contributed by atoms with E-state index in [9.17, 15) is 9.59 Å². The summed E-state index contributed by atoms with van der Waals surface area (Å²) in [6.07, 6.45) is 0.432. The molecule has 1 amide bonds. The van der Waals surface area contributed by atoms with Crippen LogP contribution in [0.25, 0.3) is 0 Å². The highest BCUT2D eigenvalue weighted by Gasteiger charge is 2.10. The Labute approximate surface area is 109 Å². The summed E-state index contributed by atoms with van der Waals surface area (Å²) < 4.78 is 0. The number of carbonyl (C=O) groups is 2. The van der Waals surface area contributed by atoms with Crippen LogP contribution in [0.4, 0.5) is 0 Å². The van der Waals surface area contributed by atoms with Gasteiger partial charge in [-0.25, -0.2) is 9.78 Å². The van der Waals surface area contributed by atoms with E-state index in [-0.39, 0.29) is 16.8 Å². The summed E-state index contributed by atoms with van der Waals surface area (Å²) in [5.74, 6) is 4.15. The predicted octanol–water partition coefficient (Wildman–Crippen LogP) is 1.31. The Balaban J connectivity index is 2.75. The first-order valence-electron chi connectivity index (χ1n) is 5.14. The van der Waals surface area contributed by atoms with Crippen molar-refractivity contribution in [3.63, 3.8) is 0 Å². The van der Waals surface area contributed by atoms with Crippen molar-refractivity contribution in [2.75, 3.05) is 6.54 Å². The van der Waals surface area contributed by atoms with Crippen LogP contribution >= 0.6 is 11.6 Å². The zero-order chi connectivity index (χ0) is 13.5. The van der Waals surface area contributed by atoms with Gasteiger partial charge in [-0.1, -0.05) is 23.4 Å². The van der Waals surface area contributed by atoms with Gasteiger partial charge in [-0.3, -0.25) is 4.79 Å². The van der Waals surface area contributed by atoms with E-state index in [4.69, 9.17) is 16.7 Å². The number of hydrogen-bond donors (Lipinski definition) is 2. The van der Waals surface area contributed by atoms with Crippen LogP contribution < -0.4 is 5.32 Å². The second kappa shape index (κ2) is 6.62. The highest BCUT2D eigenvalue weighted by molar-refractivity contribution is 6.29. The number of carboxylic acid groups (broad SMARTS) is 1. The SMILES string of the molecule is CC(=O)NCCC#Cc1ccc(Cl)nc1C(=O)O. The molecular weight excluding hydrogens is 256 g/mol. The van der Waals surface area contributed by atoms with E-state index < -0.39 is 5.97 Å². The number of rotatable bonds is 3. The summed E-state index contributed by atoms with van der Waals surface area (Å²) >= 11 is 5.61. The minimum atomic E-state index is -1.18. The minimum Gasteiger partial charge on any atom is -0.476 e. The molecule has 0 spiro atoms. The summed E-state index contributed by atoms with van der Waals surface area (Å²) in [6, 6.07) is 2.98. The van der Waals surface area contributed by atoms with Gasteiger partial charge in [-0.05, 0) is 12.1 Å². The van der Waals surface area contributed by atoms with Crippen molar-refractivity contribution in [1.82, 2.24) is 10.3 Å². The number of amides is 1. The van der Waals surface area contributed by atoms with Gasteiger partial charge in [0.1, 0.15) is 5.15 Å². The fraction of sp³-hybridized carbons (Fsp3) is 0.250. The summed E-state index contributed by atoms with van der Waals surface area (Å²) in [4.78, 5) is 25.2. The molecule has 0 radical (unpaired) electrons. The Hall–Kier alpha value is -2.06. The molecule has 0 fully saturated rings. The quantitative estimate of drug-likeness (QED) is 0.491. The minimum absolute atomic E-state index is 0.108. The molecule has 6 heteroatoms. The first-order valence-corrected chi connectivity index (χ1v) is 5.51. The molecule has 2 N–H and O–H groups in total. The Bertz CT molecular complexity index is 532. The Morgan fingerprint density at radius 1 is 1.50 bits per heavy atom. The standard InChI is InChI=1S/C12H11ClN2O3/c1-8(16)14-7-3-2-4-9-5-6-10(13)15-11(9)12(17)18/h5-6H,3,7H2,1H3,(H,14,16)(H,17,18). The van der Waals surface area contributed by atoms with Crippen LogP contribution in [0.3, 0.4) is 0 Å². The van der Waals surface area contributed by atoms with Gasteiger partial charge in [0.05, 0.1) is 5.56 Å². The van der Waals surface area contributed by atoms with Crippen LogP contribution in [0.15, 0.2) is 12.1 Å². The van der Waals surface area contributed by atoms with E-state index >= 15 is 0 Å². The Morgan fingerprint density at radius 2 is 2.22 bits per heavy atom. The van der Waals surface area contributed by atoms with Crippen LogP contribution in [0.5, 0.6) is 0 Å². The molecule has 94 valence electrons. The van der Waals surface area contributed by atoms with Crippen LogP contribution in [0, 0.1) is 11.8 Å². The van der Waals surface area contributed by atoms with Gasteiger partial charge in [0.2, 0.25) is 5.91 Å². The average molecular weight is 267 g/mol. The van der Waals surface area contributed by atoms with E-state index in [0.717, 1.165) is 0 Å². The molecule has 18 heavy (non-hydrogen) atoms. The van der Waals surface area contributed by atoms with Crippen molar-refractivity contribution in [2.24, 2.45) is 0 Å². The molecule has 0 aliphatic heterocycles. The summed E-state index contributed by atoms with van der Waals surface area (Å²) in [5.41, 5.74) is 0.129. The van der Waals surface area contributed by atoms with Gasteiger partial charge in [-0.15, -0.1) is 0 Å². The van der Waals surface area contributed by atoms with Gasteiger partial charge in [0, 0.05) is 19.9 Å². The summed E-state index contributed by atoms with van der Waals surface area (Å²) in [7, 11) is 0. The molecule has 0 bridgehead atoms. The smallest absolute Gasteiger partial charge is 0.355 e. The van der Waals surface area contributed by atoms with E-state index in [1.54, 1.807) is 0 Å². The lowest BCUT2D eigenvalue weighted by Gasteiger charge is -1.98. The van der Waals surface area contributed by atoms with E-state index in [2.05, 4.69) is 22.1 Å². The van der Waals surface area contributed by atoms with Crippen LogP contribution in [0.1, 0.15) is 29.4 Å². The Morgan fingerprint density at radius 3 is 2.83 bits per heavy atom. The Kier molecular flexibility index (Phi) is 5.15. The number of aromatic nitrogens is 1. The number of carbonyl (C=O) groups excluding carboxylic acids is 1. The van der Waals surface area contributed by atoms with Crippen LogP contribution in [-0.2, 0) is 4.79 Å². The topological polar surface area (TPSA) is 79.3 Å². The molecule has 0 aliphatic carbocycles. The number of aromatic carboxylic acids is 1. The first kappa shape index (κ1) is 14.0. The average Bonchev–Trinajstić information content (AvgIpc) is 2.29. The number of hydrogen-bond acceptors (Lipinski definition) is 3. The lowest BCUT2D eigenvalue weighted by molar-refractivity contribution is -0.118. The van der Waals surface area contributed by atoms with Crippen molar-refractivity contribution in [2.45, 2.75) is 13.3 Å². The zero-order valence-electron chi connectivity index (χ0n) is 9.66. The maximum absolute atomic E-state index is 10.9. The second-order valence-electron chi connectivity index (χ2n) is 3.37. The second-order valence-corrected chi connectivity index (χ2v) is 3.76. The summed E-state index contributed by atoms with van der Waals surface area (Å²) in [6.45, 7) is 1.84. The van der Waals surface area contributed by atoms with E-state index in [1.165, 1.54) is 19.1 Å². The molecule has 1 aromatic heterocycles. The van der Waals surface area contributed by atoms with Crippen molar-refractivity contribution >= 4 is 23.5 Å². The predicted molar refractivity (Wildman–Crippen MR) is 66.4 cm³/mol. The molecule has 0 saturated heterocycles. The number of pyridine rings is 1. The van der Waals surface area contributed by atoms with Crippen LogP contribution in [-0.4, -0.2) is 28.5 Å². The number of carboxylic acids is 1. The third-order valence-corrected chi connectivity index (χ3v) is 2.12. The first-order chi connectivity index (χ1) is 8.50. The third-order valence-electron chi connectivity index (χ3n) is 1.91. The molecule has 0 saturated carbocycles. The summed E-state index contributed by atoms with van der Waals surface area (Å²) in [5, 5.41) is 11.6. The van der Waals surface area contributed by atoms with Gasteiger partial charge >= 0.3 is 5.97 Å². The van der Waals surface area contributed by atoms with E-state index in [1.807, 2.05) is 0 Å². The fourth-order valence-corrected chi connectivity index (χ4v) is 1.31. The molecule has 5 nitrogen and oxygen atoms in total. The molecule has 0 aromatic carbocycles. The largest absolute Gasteiger partial charge is 0.476 e. The third kappa shape index (κ3) is 4.44. The molecule has 0 aliphatic rings.